The van der Waals surface area contributed by atoms with Gasteiger partial charge in [-0.2, -0.15) is 0 Å². The van der Waals surface area contributed by atoms with Crippen molar-refractivity contribution in [3.05, 3.63) is 64.4 Å². The number of nitrogens with one attached hydrogen (secondary N) is 2. The molecule has 9 heteroatoms. The molecule has 2 aromatic carbocycles. The average Bonchev–Trinajstić information content (AvgIpc) is 2.65. The number of primary amides is 1. The summed E-state index contributed by atoms with van der Waals surface area (Å²) in [7, 11) is 0. The Balaban J connectivity index is 1.89. The third kappa shape index (κ3) is 6.65. The van der Waals surface area contributed by atoms with Gasteiger partial charge in [-0.15, -0.1) is 11.8 Å². The number of hydrogen-bond acceptors (Lipinski definition) is 4. The van der Waals surface area contributed by atoms with Crippen LogP contribution in [-0.2, 0) is 14.4 Å². The van der Waals surface area contributed by atoms with Crippen molar-refractivity contribution in [1.82, 2.24) is 5.32 Å². The van der Waals surface area contributed by atoms with Gasteiger partial charge in [0.25, 0.3) is 0 Å². The molecule has 0 aromatic heterocycles. The summed E-state index contributed by atoms with van der Waals surface area (Å²) in [5.41, 5.74) is 6.44. The van der Waals surface area contributed by atoms with Gasteiger partial charge in [0.05, 0.1) is 11.0 Å². The Bertz CT molecular complexity index is 864. The number of amides is 3. The van der Waals surface area contributed by atoms with E-state index in [0.717, 1.165) is 16.2 Å². The van der Waals surface area contributed by atoms with Crippen LogP contribution >= 0.6 is 27.7 Å². The van der Waals surface area contributed by atoms with Gasteiger partial charge in [0, 0.05) is 10.2 Å². The number of nitrogens with two attached hydrogens (primary N) is 1. The minimum absolute atomic E-state index is 0.0179. The van der Waals surface area contributed by atoms with Crippen molar-refractivity contribution in [3.63, 3.8) is 0 Å². The normalized spacial score (nSPS) is 12.7. The molecule has 0 fully saturated rings. The van der Waals surface area contributed by atoms with Gasteiger partial charge in [-0.3, -0.25) is 14.4 Å². The number of rotatable bonds is 8. The smallest absolute Gasteiger partial charge is 0.244 e. The molecule has 0 heterocycles. The number of anilines is 1. The first-order valence-corrected chi connectivity index (χ1v) is 10.1. The lowest BCUT2D eigenvalue weighted by molar-refractivity contribution is -0.127. The quantitative estimate of drug-likeness (QED) is 0.555. The van der Waals surface area contributed by atoms with Gasteiger partial charge in [-0.25, -0.2) is 4.39 Å². The molecule has 4 N–H and O–H groups in total. The van der Waals surface area contributed by atoms with E-state index in [1.165, 1.54) is 24.3 Å². The summed E-state index contributed by atoms with van der Waals surface area (Å²) >= 11 is 4.42. The Morgan fingerprint density at radius 3 is 2.46 bits per heavy atom. The molecule has 0 aliphatic rings. The van der Waals surface area contributed by atoms with Gasteiger partial charge in [-0.05, 0) is 48.9 Å². The zero-order valence-corrected chi connectivity index (χ0v) is 17.3. The van der Waals surface area contributed by atoms with E-state index in [-0.39, 0.29) is 11.7 Å². The predicted octanol–water partition coefficient (Wildman–Crippen LogP) is 2.99. The number of carbonyl (C=O) groups is 3. The molecule has 0 aliphatic carbocycles. The summed E-state index contributed by atoms with van der Waals surface area (Å²) in [4.78, 5) is 36.1. The molecule has 2 rings (SSSR count). The molecule has 0 aliphatic heterocycles. The summed E-state index contributed by atoms with van der Waals surface area (Å²) in [5.74, 6) is -1.80. The van der Waals surface area contributed by atoms with Crippen LogP contribution in [0.25, 0.3) is 0 Å². The van der Waals surface area contributed by atoms with Crippen molar-refractivity contribution in [3.8, 4) is 0 Å². The van der Waals surface area contributed by atoms with Crippen molar-refractivity contribution in [2.75, 3.05) is 11.1 Å². The van der Waals surface area contributed by atoms with Gasteiger partial charge < -0.3 is 16.4 Å². The van der Waals surface area contributed by atoms with E-state index in [4.69, 9.17) is 5.73 Å². The zero-order chi connectivity index (χ0) is 20.7. The number of thioether (sulfide) groups is 1. The van der Waals surface area contributed by atoms with E-state index in [1.807, 2.05) is 0 Å². The minimum Gasteiger partial charge on any atom is -0.368 e. The fourth-order valence-corrected chi connectivity index (χ4v) is 3.38. The molecule has 2 aromatic rings. The zero-order valence-electron chi connectivity index (χ0n) is 14.9. The van der Waals surface area contributed by atoms with Crippen LogP contribution in [0.15, 0.2) is 53.0 Å². The maximum Gasteiger partial charge on any atom is 0.244 e. The van der Waals surface area contributed by atoms with Gasteiger partial charge in [0.2, 0.25) is 17.7 Å². The lowest BCUT2D eigenvalue weighted by Gasteiger charge is -2.19. The number of hydrogen-bond donors (Lipinski definition) is 3. The van der Waals surface area contributed by atoms with Gasteiger partial charge >= 0.3 is 0 Å². The summed E-state index contributed by atoms with van der Waals surface area (Å²) < 4.78 is 13.6. The highest BCUT2D eigenvalue weighted by atomic mass is 79.9. The van der Waals surface area contributed by atoms with Crippen molar-refractivity contribution in [2.24, 2.45) is 5.73 Å². The SMILES string of the molecule is CC(SCC(=O)Nc1ccc(F)cc1)C(=O)NC(C(N)=O)c1cccc(Br)c1. The minimum atomic E-state index is -0.971. The van der Waals surface area contributed by atoms with E-state index in [2.05, 4.69) is 26.6 Å². The Morgan fingerprint density at radius 1 is 1.18 bits per heavy atom. The highest BCUT2D eigenvalue weighted by Gasteiger charge is 2.24. The van der Waals surface area contributed by atoms with Crippen LogP contribution in [-0.4, -0.2) is 28.7 Å². The third-order valence-electron chi connectivity index (χ3n) is 3.71. The van der Waals surface area contributed by atoms with E-state index < -0.39 is 28.9 Å². The molecule has 2 unspecified atom stereocenters. The fraction of sp³-hybridized carbons (Fsp3) is 0.211. The van der Waals surface area contributed by atoms with Gasteiger partial charge in [0.15, 0.2) is 0 Å². The highest BCUT2D eigenvalue weighted by Crippen LogP contribution is 2.20. The topological polar surface area (TPSA) is 101 Å². The second-order valence-corrected chi connectivity index (χ2v) is 8.15. The first-order valence-electron chi connectivity index (χ1n) is 8.28. The largest absolute Gasteiger partial charge is 0.368 e. The van der Waals surface area contributed by atoms with E-state index in [9.17, 15) is 18.8 Å². The molecule has 0 saturated heterocycles. The molecule has 2 atom stereocenters. The lowest BCUT2D eigenvalue weighted by atomic mass is 10.1. The van der Waals surface area contributed by atoms with Gasteiger partial charge in [-0.1, -0.05) is 28.1 Å². The Labute approximate surface area is 174 Å². The van der Waals surface area contributed by atoms with Crippen molar-refractivity contribution < 1.29 is 18.8 Å². The Hall–Kier alpha value is -2.39. The van der Waals surface area contributed by atoms with Crippen LogP contribution in [0.1, 0.15) is 18.5 Å². The number of benzene rings is 2. The molecule has 0 radical (unpaired) electrons. The summed E-state index contributed by atoms with van der Waals surface area (Å²) in [6, 6.07) is 11.3. The van der Waals surface area contributed by atoms with Crippen LogP contribution in [0, 0.1) is 5.82 Å². The molecule has 0 bridgehead atoms. The van der Waals surface area contributed by atoms with Crippen LogP contribution in [0.3, 0.4) is 0 Å². The first-order chi connectivity index (χ1) is 13.3. The number of carbonyl (C=O) groups excluding carboxylic acids is 3. The molecule has 6 nitrogen and oxygen atoms in total. The molecule has 0 spiro atoms. The lowest BCUT2D eigenvalue weighted by Crippen LogP contribution is -2.41. The average molecular weight is 468 g/mol. The molecule has 0 saturated carbocycles. The second-order valence-electron chi connectivity index (χ2n) is 5.91. The predicted molar refractivity (Wildman–Crippen MR) is 111 cm³/mol. The monoisotopic (exact) mass is 467 g/mol. The standard InChI is InChI=1S/C19H19BrFN3O3S/c1-11(28-10-16(25)23-15-7-5-14(21)6-8-15)19(27)24-17(18(22)26)12-3-2-4-13(20)9-12/h2-9,11,17H,10H2,1H3,(H2,22,26)(H,23,25)(H,24,27). The first kappa shape index (κ1) is 21.9. The van der Waals surface area contributed by atoms with Crippen LogP contribution in [0.4, 0.5) is 10.1 Å². The van der Waals surface area contributed by atoms with Crippen molar-refractivity contribution >= 4 is 51.1 Å². The Kier molecular flexibility index (Phi) is 8.01. The molecule has 148 valence electrons. The van der Waals surface area contributed by atoms with Crippen molar-refractivity contribution in [1.29, 1.82) is 0 Å². The van der Waals surface area contributed by atoms with Crippen LogP contribution in [0.2, 0.25) is 0 Å². The summed E-state index contributed by atoms with van der Waals surface area (Å²) in [6.45, 7) is 1.63. The Morgan fingerprint density at radius 2 is 1.86 bits per heavy atom. The van der Waals surface area contributed by atoms with E-state index >= 15 is 0 Å². The second kappa shape index (κ2) is 10.2. The van der Waals surface area contributed by atoms with E-state index in [1.54, 1.807) is 31.2 Å². The van der Waals surface area contributed by atoms with Crippen LogP contribution < -0.4 is 16.4 Å². The third-order valence-corrected chi connectivity index (χ3v) is 5.35. The maximum absolute atomic E-state index is 12.9. The van der Waals surface area contributed by atoms with E-state index in [0.29, 0.717) is 11.3 Å². The maximum atomic E-state index is 12.9. The summed E-state index contributed by atoms with van der Waals surface area (Å²) in [5, 5.41) is 4.64. The number of halogens is 2. The molecular weight excluding hydrogens is 449 g/mol. The molecular formula is C19H19BrFN3O3S. The van der Waals surface area contributed by atoms with Gasteiger partial charge in [0.1, 0.15) is 11.9 Å². The van der Waals surface area contributed by atoms with Crippen molar-refractivity contribution in [2.45, 2.75) is 18.2 Å². The fourth-order valence-electron chi connectivity index (χ4n) is 2.27. The molecule has 28 heavy (non-hydrogen) atoms. The molecule has 3 amide bonds. The summed E-state index contributed by atoms with van der Waals surface area (Å²) in [6.07, 6.45) is 0. The highest BCUT2D eigenvalue weighted by molar-refractivity contribution is 9.10. The van der Waals surface area contributed by atoms with Crippen LogP contribution in [0.5, 0.6) is 0 Å².